The van der Waals surface area contributed by atoms with Crippen molar-refractivity contribution in [1.82, 2.24) is 10.6 Å². The van der Waals surface area contributed by atoms with Gasteiger partial charge in [-0.2, -0.15) is 0 Å². The second-order valence-electron chi connectivity index (χ2n) is 4.55. The lowest BCUT2D eigenvalue weighted by molar-refractivity contribution is -0.142. The zero-order valence-corrected chi connectivity index (χ0v) is 11.2. The number of hydrogen-bond donors (Lipinski definition) is 3. The van der Waals surface area contributed by atoms with Gasteiger partial charge in [-0.25, -0.2) is 4.79 Å². The van der Waals surface area contributed by atoms with E-state index in [1.165, 1.54) is 0 Å². The number of nitrogens with one attached hydrogen (secondary N) is 2. The van der Waals surface area contributed by atoms with E-state index in [1.54, 1.807) is 14.0 Å². The fraction of sp³-hybridized carbons (Fsp3) is 0.429. The summed E-state index contributed by atoms with van der Waals surface area (Å²) >= 11 is 0. The van der Waals surface area contributed by atoms with Crippen LogP contribution in [0.5, 0.6) is 0 Å². The quantitative estimate of drug-likeness (QED) is 0.676. The van der Waals surface area contributed by atoms with Crippen LogP contribution in [0.1, 0.15) is 12.5 Å². The first-order valence-electron chi connectivity index (χ1n) is 6.26. The third kappa shape index (κ3) is 5.09. The normalized spacial score (nSPS) is 13.6. The third-order valence-corrected chi connectivity index (χ3v) is 2.86. The lowest BCUT2D eigenvalue weighted by Gasteiger charge is -2.17. The smallest absolute Gasteiger partial charge is 0.326 e. The van der Waals surface area contributed by atoms with Crippen LogP contribution < -0.4 is 10.6 Å². The topological polar surface area (TPSA) is 78.4 Å². The SMILES string of the molecule is CNCC(C)C(=O)NC(Cc1ccccc1)C(=O)O. The Balaban J connectivity index is 2.64. The molecule has 1 aromatic rings. The van der Waals surface area contributed by atoms with Gasteiger partial charge in [0.25, 0.3) is 0 Å². The molecular formula is C14H20N2O3. The van der Waals surface area contributed by atoms with E-state index in [2.05, 4.69) is 10.6 Å². The van der Waals surface area contributed by atoms with Crippen molar-refractivity contribution in [1.29, 1.82) is 0 Å². The minimum absolute atomic E-state index is 0.252. The minimum atomic E-state index is -1.02. The van der Waals surface area contributed by atoms with Gasteiger partial charge in [0.1, 0.15) is 6.04 Å². The predicted molar refractivity (Wildman–Crippen MR) is 72.8 cm³/mol. The van der Waals surface area contributed by atoms with Crippen LogP contribution in [0.3, 0.4) is 0 Å². The lowest BCUT2D eigenvalue weighted by atomic mass is 10.0. The van der Waals surface area contributed by atoms with Crippen molar-refractivity contribution in [2.75, 3.05) is 13.6 Å². The molecular weight excluding hydrogens is 244 g/mol. The summed E-state index contributed by atoms with van der Waals surface area (Å²) in [6.07, 6.45) is 0.286. The van der Waals surface area contributed by atoms with E-state index in [9.17, 15) is 9.59 Å². The van der Waals surface area contributed by atoms with Crippen LogP contribution in [0, 0.1) is 5.92 Å². The molecule has 0 fully saturated rings. The average Bonchev–Trinajstić information content (AvgIpc) is 2.39. The van der Waals surface area contributed by atoms with Crippen LogP contribution in [-0.4, -0.2) is 36.6 Å². The summed E-state index contributed by atoms with van der Waals surface area (Å²) in [7, 11) is 1.75. The fourth-order valence-corrected chi connectivity index (χ4v) is 1.76. The molecule has 3 N–H and O–H groups in total. The number of amides is 1. The zero-order chi connectivity index (χ0) is 14.3. The Hall–Kier alpha value is -1.88. The maximum atomic E-state index is 11.8. The van der Waals surface area contributed by atoms with Crippen LogP contribution in [0.25, 0.3) is 0 Å². The molecule has 0 aliphatic rings. The average molecular weight is 264 g/mol. The largest absolute Gasteiger partial charge is 0.480 e. The number of carbonyl (C=O) groups excluding carboxylic acids is 1. The summed E-state index contributed by atoms with van der Waals surface area (Å²) in [5.41, 5.74) is 0.886. The molecule has 2 atom stereocenters. The molecule has 1 amide bonds. The molecule has 0 radical (unpaired) electrons. The molecule has 0 saturated carbocycles. The van der Waals surface area contributed by atoms with Gasteiger partial charge in [0.2, 0.25) is 5.91 Å². The molecule has 1 rings (SSSR count). The van der Waals surface area contributed by atoms with Gasteiger partial charge in [0.05, 0.1) is 0 Å². The van der Waals surface area contributed by atoms with Gasteiger partial charge in [-0.1, -0.05) is 37.3 Å². The van der Waals surface area contributed by atoms with Gasteiger partial charge in [0.15, 0.2) is 0 Å². The molecule has 0 saturated heterocycles. The molecule has 1 aromatic carbocycles. The highest BCUT2D eigenvalue weighted by Gasteiger charge is 2.22. The van der Waals surface area contributed by atoms with Crippen molar-refractivity contribution in [3.05, 3.63) is 35.9 Å². The molecule has 0 bridgehead atoms. The van der Waals surface area contributed by atoms with E-state index in [1.807, 2.05) is 30.3 Å². The van der Waals surface area contributed by atoms with Crippen molar-refractivity contribution in [2.45, 2.75) is 19.4 Å². The number of hydrogen-bond acceptors (Lipinski definition) is 3. The molecule has 19 heavy (non-hydrogen) atoms. The van der Waals surface area contributed by atoms with E-state index in [0.717, 1.165) is 5.56 Å². The minimum Gasteiger partial charge on any atom is -0.480 e. The highest BCUT2D eigenvalue weighted by Crippen LogP contribution is 2.04. The highest BCUT2D eigenvalue weighted by molar-refractivity contribution is 5.85. The first kappa shape index (κ1) is 15.2. The third-order valence-electron chi connectivity index (χ3n) is 2.86. The predicted octanol–water partition coefficient (Wildman–Crippen LogP) is 0.654. The molecule has 2 unspecified atom stereocenters. The Morgan fingerprint density at radius 3 is 2.42 bits per heavy atom. The molecule has 5 nitrogen and oxygen atoms in total. The van der Waals surface area contributed by atoms with Crippen LogP contribution in [0.4, 0.5) is 0 Å². The van der Waals surface area contributed by atoms with Crippen molar-refractivity contribution in [3.8, 4) is 0 Å². The van der Waals surface area contributed by atoms with Gasteiger partial charge < -0.3 is 15.7 Å². The number of rotatable bonds is 7. The summed E-state index contributed by atoms with van der Waals surface area (Å²) in [5.74, 6) is -1.53. The van der Waals surface area contributed by atoms with Crippen LogP contribution >= 0.6 is 0 Å². The van der Waals surface area contributed by atoms with Gasteiger partial charge in [-0.3, -0.25) is 4.79 Å². The molecule has 0 aliphatic heterocycles. The summed E-state index contributed by atoms with van der Waals surface area (Å²) in [6.45, 7) is 2.27. The maximum Gasteiger partial charge on any atom is 0.326 e. The maximum absolute atomic E-state index is 11.8. The summed E-state index contributed by atoms with van der Waals surface area (Å²) in [4.78, 5) is 23.0. The van der Waals surface area contributed by atoms with E-state index < -0.39 is 12.0 Å². The van der Waals surface area contributed by atoms with Gasteiger partial charge in [-0.05, 0) is 12.6 Å². The van der Waals surface area contributed by atoms with Gasteiger partial charge in [0, 0.05) is 18.9 Å². The molecule has 0 heterocycles. The molecule has 5 heteroatoms. The van der Waals surface area contributed by atoms with Crippen LogP contribution in [0.15, 0.2) is 30.3 Å². The molecule has 0 aliphatic carbocycles. The second kappa shape index (κ2) is 7.53. The fourth-order valence-electron chi connectivity index (χ4n) is 1.76. The Labute approximate surface area is 113 Å². The lowest BCUT2D eigenvalue weighted by Crippen LogP contribution is -2.45. The van der Waals surface area contributed by atoms with E-state index in [4.69, 9.17) is 5.11 Å². The molecule has 104 valence electrons. The van der Waals surface area contributed by atoms with E-state index >= 15 is 0 Å². The zero-order valence-electron chi connectivity index (χ0n) is 11.2. The Bertz CT molecular complexity index is 420. The summed E-state index contributed by atoms with van der Waals surface area (Å²) in [5, 5.41) is 14.6. The van der Waals surface area contributed by atoms with Crippen LogP contribution in [-0.2, 0) is 16.0 Å². The van der Waals surface area contributed by atoms with Crippen molar-refractivity contribution in [2.24, 2.45) is 5.92 Å². The van der Waals surface area contributed by atoms with Crippen molar-refractivity contribution < 1.29 is 14.7 Å². The standard InChI is InChI=1S/C14H20N2O3/c1-10(9-15-2)13(17)16-12(14(18)19)8-11-6-4-3-5-7-11/h3-7,10,12,15H,8-9H2,1-2H3,(H,16,17)(H,18,19). The first-order chi connectivity index (χ1) is 9.04. The van der Waals surface area contributed by atoms with Crippen molar-refractivity contribution in [3.63, 3.8) is 0 Å². The van der Waals surface area contributed by atoms with E-state index in [0.29, 0.717) is 6.54 Å². The van der Waals surface area contributed by atoms with Crippen molar-refractivity contribution >= 4 is 11.9 Å². The summed E-state index contributed by atoms with van der Waals surface area (Å²) < 4.78 is 0. The molecule has 0 aromatic heterocycles. The Morgan fingerprint density at radius 1 is 1.26 bits per heavy atom. The number of aliphatic carboxylic acids is 1. The number of carbonyl (C=O) groups is 2. The van der Waals surface area contributed by atoms with Crippen LogP contribution in [0.2, 0.25) is 0 Å². The highest BCUT2D eigenvalue weighted by atomic mass is 16.4. The second-order valence-corrected chi connectivity index (χ2v) is 4.55. The molecule has 0 spiro atoms. The monoisotopic (exact) mass is 264 g/mol. The summed E-state index contributed by atoms with van der Waals surface area (Å²) in [6, 6.07) is 8.36. The van der Waals surface area contributed by atoms with Gasteiger partial charge in [-0.15, -0.1) is 0 Å². The Kier molecular flexibility index (Phi) is 6.02. The van der Waals surface area contributed by atoms with E-state index in [-0.39, 0.29) is 18.2 Å². The number of benzene rings is 1. The number of carboxylic acid groups (broad SMARTS) is 1. The number of carboxylic acids is 1. The Morgan fingerprint density at radius 2 is 1.89 bits per heavy atom. The van der Waals surface area contributed by atoms with Gasteiger partial charge >= 0.3 is 5.97 Å². The first-order valence-corrected chi connectivity index (χ1v) is 6.26.